The number of nitrogens with one attached hydrogen (secondary N) is 1. The van der Waals surface area contributed by atoms with Crippen LogP contribution < -0.4 is 22.0 Å². The first kappa shape index (κ1) is 34.5. The van der Waals surface area contributed by atoms with Gasteiger partial charge in [0.25, 0.3) is 23.1 Å². The van der Waals surface area contributed by atoms with Crippen molar-refractivity contribution in [3.8, 4) is 0 Å². The molecule has 0 saturated carbocycles. The number of pyridine rings is 1. The summed E-state index contributed by atoms with van der Waals surface area (Å²) in [5.74, 6) is -0.961. The minimum Gasteiger partial charge on any atom is -0.384 e. The fourth-order valence-corrected chi connectivity index (χ4v) is 7.17. The number of anilines is 1. The van der Waals surface area contributed by atoms with Gasteiger partial charge in [0, 0.05) is 60.3 Å². The number of carbonyl (C=O) groups is 2. The Bertz CT molecular complexity index is 2610. The van der Waals surface area contributed by atoms with Crippen LogP contribution in [0.3, 0.4) is 0 Å². The molecule has 1 aliphatic rings. The molecule has 266 valence electrons. The zero-order valence-corrected chi connectivity index (χ0v) is 29.0. The third-order valence-corrected chi connectivity index (χ3v) is 9.76. The lowest BCUT2D eigenvalue weighted by molar-refractivity contribution is -0.384. The van der Waals surface area contributed by atoms with Gasteiger partial charge in [-0.05, 0) is 82.8 Å². The van der Waals surface area contributed by atoms with E-state index in [-0.39, 0.29) is 35.2 Å². The van der Waals surface area contributed by atoms with Crippen molar-refractivity contribution < 1.29 is 14.5 Å². The van der Waals surface area contributed by atoms with Gasteiger partial charge in [-0.25, -0.2) is 4.79 Å². The molecule has 0 atom stereocenters. The summed E-state index contributed by atoms with van der Waals surface area (Å²) < 4.78 is 2.71. The first-order valence-electron chi connectivity index (χ1n) is 17.1. The number of fused-ring (bicyclic) bond motifs is 2. The molecule has 1 aliphatic heterocycles. The van der Waals surface area contributed by atoms with Crippen LogP contribution in [-0.2, 0) is 6.54 Å². The monoisotopic (exact) mass is 703 g/mol. The maximum Gasteiger partial charge on any atom is 0.336 e. The average molecular weight is 704 g/mol. The quantitative estimate of drug-likeness (QED) is 0.0470. The molecule has 0 aliphatic carbocycles. The fraction of sp³-hybridized carbons (Fsp3) is 0.289. The Morgan fingerprint density at radius 1 is 0.769 bits per heavy atom. The van der Waals surface area contributed by atoms with Gasteiger partial charge in [0.05, 0.1) is 32.3 Å². The number of aromatic nitrogens is 2. The van der Waals surface area contributed by atoms with Gasteiger partial charge in [0.15, 0.2) is 5.43 Å². The SMILES string of the molecule is CN(C)CCn1c(=O)c2ccc(NCCCN(C)CCCN3C(=O)c4cccc5cc([N+](=O)[O-])cc(c45)C3=O)c3c(=O)c4ccccc4n(c1=O)c23. The number of benzene rings is 4. The molecule has 4 aromatic carbocycles. The number of carbonyl (C=O) groups excluding carboxylic acids is 2. The van der Waals surface area contributed by atoms with Gasteiger partial charge in [-0.3, -0.25) is 43.2 Å². The van der Waals surface area contributed by atoms with E-state index in [1.165, 1.54) is 21.1 Å². The van der Waals surface area contributed by atoms with Crippen molar-refractivity contribution >= 4 is 61.2 Å². The van der Waals surface area contributed by atoms with Crippen LogP contribution in [0.1, 0.15) is 33.6 Å². The van der Waals surface area contributed by atoms with Crippen molar-refractivity contribution in [2.45, 2.75) is 19.4 Å². The molecule has 0 unspecified atom stereocenters. The Labute approximate surface area is 296 Å². The van der Waals surface area contributed by atoms with Crippen molar-refractivity contribution in [1.82, 2.24) is 23.7 Å². The number of amides is 2. The van der Waals surface area contributed by atoms with Crippen LogP contribution in [0, 0.1) is 10.1 Å². The molecule has 14 heteroatoms. The van der Waals surface area contributed by atoms with E-state index in [0.29, 0.717) is 82.8 Å². The molecule has 2 aromatic heterocycles. The van der Waals surface area contributed by atoms with E-state index in [2.05, 4.69) is 10.2 Å². The molecule has 0 bridgehead atoms. The normalized spacial score (nSPS) is 13.1. The zero-order chi connectivity index (χ0) is 36.8. The van der Waals surface area contributed by atoms with Gasteiger partial charge in [-0.15, -0.1) is 0 Å². The highest BCUT2D eigenvalue weighted by Gasteiger charge is 2.34. The molecule has 0 fully saturated rings. The molecule has 7 rings (SSSR count). The second kappa shape index (κ2) is 13.6. The summed E-state index contributed by atoms with van der Waals surface area (Å²) in [4.78, 5) is 84.0. The molecule has 52 heavy (non-hydrogen) atoms. The number of imide groups is 1. The lowest BCUT2D eigenvalue weighted by atomic mass is 9.93. The highest BCUT2D eigenvalue weighted by atomic mass is 16.6. The number of likely N-dealkylation sites (N-methyl/N-ethyl adjacent to an activating group) is 1. The summed E-state index contributed by atoms with van der Waals surface area (Å²) >= 11 is 0. The predicted molar refractivity (Wildman–Crippen MR) is 200 cm³/mol. The Morgan fingerprint density at radius 2 is 1.52 bits per heavy atom. The summed E-state index contributed by atoms with van der Waals surface area (Å²) in [6, 6.07) is 17.9. The maximum atomic E-state index is 13.9. The zero-order valence-electron chi connectivity index (χ0n) is 29.0. The standard InChI is InChI=1S/C38H37N7O7/c1-40(2)19-20-43-36(48)27-13-14-29(32-33(27)44(38(43)50)30-12-5-4-10-25(30)34(32)46)39-15-7-16-41(3)17-8-18-42-35(47)26-11-6-9-23-21-24(45(51)52)22-28(31(23)26)37(42)49/h4-6,9-14,21-22,39H,7-8,15-20H2,1-3H3. The van der Waals surface area contributed by atoms with Gasteiger partial charge < -0.3 is 15.1 Å². The Morgan fingerprint density at radius 3 is 2.29 bits per heavy atom. The van der Waals surface area contributed by atoms with E-state index in [0.717, 1.165) is 4.90 Å². The van der Waals surface area contributed by atoms with Gasteiger partial charge in [-0.1, -0.05) is 24.3 Å². The van der Waals surface area contributed by atoms with Crippen molar-refractivity contribution in [3.05, 3.63) is 119 Å². The van der Waals surface area contributed by atoms with Crippen molar-refractivity contribution in [2.24, 2.45) is 0 Å². The van der Waals surface area contributed by atoms with Gasteiger partial charge in [0.1, 0.15) is 0 Å². The number of para-hydroxylation sites is 1. The minimum atomic E-state index is -0.545. The molecule has 6 aromatic rings. The van der Waals surface area contributed by atoms with Crippen LogP contribution in [0.25, 0.3) is 38.0 Å². The van der Waals surface area contributed by atoms with Crippen LogP contribution in [0.15, 0.2) is 81.1 Å². The largest absolute Gasteiger partial charge is 0.384 e. The summed E-state index contributed by atoms with van der Waals surface area (Å²) in [6.45, 7) is 2.58. The predicted octanol–water partition coefficient (Wildman–Crippen LogP) is 3.61. The molecule has 0 radical (unpaired) electrons. The van der Waals surface area contributed by atoms with Gasteiger partial charge >= 0.3 is 5.69 Å². The number of hydrogen-bond acceptors (Lipinski definition) is 10. The first-order valence-corrected chi connectivity index (χ1v) is 17.1. The molecular weight excluding hydrogens is 666 g/mol. The van der Waals surface area contributed by atoms with Crippen molar-refractivity contribution in [1.29, 1.82) is 0 Å². The second-order valence-corrected chi connectivity index (χ2v) is 13.5. The summed E-state index contributed by atoms with van der Waals surface area (Å²) in [5.41, 5.74) is 0.395. The highest BCUT2D eigenvalue weighted by molar-refractivity contribution is 6.25. The molecular formula is C38H37N7O7. The van der Waals surface area contributed by atoms with E-state index in [4.69, 9.17) is 0 Å². The second-order valence-electron chi connectivity index (χ2n) is 13.5. The van der Waals surface area contributed by atoms with Gasteiger partial charge in [-0.2, -0.15) is 0 Å². The van der Waals surface area contributed by atoms with Crippen LogP contribution in [0.4, 0.5) is 11.4 Å². The highest BCUT2D eigenvalue weighted by Crippen LogP contribution is 2.33. The Kier molecular flexibility index (Phi) is 9.02. The van der Waals surface area contributed by atoms with E-state index in [9.17, 15) is 34.1 Å². The number of hydrogen-bond donors (Lipinski definition) is 1. The summed E-state index contributed by atoms with van der Waals surface area (Å²) in [7, 11) is 5.67. The smallest absolute Gasteiger partial charge is 0.336 e. The van der Waals surface area contributed by atoms with Crippen LogP contribution >= 0.6 is 0 Å². The Hall–Kier alpha value is -5.99. The molecule has 3 heterocycles. The topological polar surface area (TPSA) is 160 Å². The van der Waals surface area contributed by atoms with Crippen molar-refractivity contribution in [3.63, 3.8) is 0 Å². The number of nitro benzene ring substituents is 1. The lowest BCUT2D eigenvalue weighted by Gasteiger charge is -2.27. The molecule has 1 N–H and O–H groups in total. The van der Waals surface area contributed by atoms with Crippen molar-refractivity contribution in [2.75, 3.05) is 59.2 Å². The number of nitrogens with zero attached hydrogens (tertiary/aromatic N) is 6. The first-order chi connectivity index (χ1) is 25.0. The van der Waals surface area contributed by atoms with Gasteiger partial charge in [0.2, 0.25) is 0 Å². The molecule has 14 nitrogen and oxygen atoms in total. The maximum absolute atomic E-state index is 13.9. The number of non-ortho nitro benzene ring substituents is 1. The van der Waals surface area contributed by atoms with E-state index >= 15 is 0 Å². The third-order valence-electron chi connectivity index (χ3n) is 9.76. The van der Waals surface area contributed by atoms with Crippen LogP contribution in [0.2, 0.25) is 0 Å². The van der Waals surface area contributed by atoms with E-state index in [1.807, 2.05) is 26.0 Å². The van der Waals surface area contributed by atoms with E-state index in [1.54, 1.807) is 54.6 Å². The number of rotatable bonds is 13. The Balaban J connectivity index is 1.04. The number of nitro groups is 1. The van der Waals surface area contributed by atoms with Crippen LogP contribution in [-0.4, -0.2) is 94.3 Å². The summed E-state index contributed by atoms with van der Waals surface area (Å²) in [5, 5.41) is 16.7. The average Bonchev–Trinajstić information content (AvgIpc) is 3.12. The van der Waals surface area contributed by atoms with Crippen LogP contribution in [0.5, 0.6) is 0 Å². The lowest BCUT2D eigenvalue weighted by Crippen LogP contribution is -2.41. The summed E-state index contributed by atoms with van der Waals surface area (Å²) in [6.07, 6.45) is 1.17. The fourth-order valence-electron chi connectivity index (χ4n) is 7.17. The minimum absolute atomic E-state index is 0.153. The molecule has 2 amide bonds. The molecule has 0 saturated heterocycles. The third kappa shape index (κ3) is 5.85. The van der Waals surface area contributed by atoms with E-state index < -0.39 is 28.0 Å². The molecule has 0 spiro atoms.